The average molecular weight is 368 g/mol. The second-order valence-electron chi connectivity index (χ2n) is 7.12. The molecule has 4 aromatic rings. The van der Waals surface area contributed by atoms with Crippen molar-refractivity contribution in [3.05, 3.63) is 89.0 Å². The monoisotopic (exact) mass is 368 g/mol. The van der Waals surface area contributed by atoms with Crippen LogP contribution in [0.15, 0.2) is 66.7 Å². The maximum absolute atomic E-state index is 2.42. The summed E-state index contributed by atoms with van der Waals surface area (Å²) < 4.78 is 0. The summed E-state index contributed by atoms with van der Waals surface area (Å²) in [4.78, 5) is 0. The van der Waals surface area contributed by atoms with Gasteiger partial charge in [-0.05, 0) is 90.3 Å². The fourth-order valence-corrected chi connectivity index (χ4v) is 6.71. The summed E-state index contributed by atoms with van der Waals surface area (Å²) in [5, 5.41) is 7.24. The van der Waals surface area contributed by atoms with Gasteiger partial charge in [-0.25, -0.2) is 0 Å². The third kappa shape index (κ3) is 3.05. The van der Waals surface area contributed by atoms with Crippen LogP contribution in [0.5, 0.6) is 0 Å². The average Bonchev–Trinajstić information content (AvgIpc) is 2.96. The van der Waals surface area contributed by atoms with E-state index in [9.17, 15) is 0 Å². The number of allylic oxidation sites excluding steroid dienone is 2. The number of rotatable bonds is 3. The first-order valence-corrected chi connectivity index (χ1v) is 10.9. The SMILES string of the molecule is C/C=C/c1cc2c3cc(/C=C/C)c(C)cc3p(-c3ccccc3)c2cc1C. The number of fused-ring (bicyclic) bond motifs is 3. The number of aryl methyl sites for hydroxylation is 2. The van der Waals surface area contributed by atoms with Crippen molar-refractivity contribution >= 4 is 40.7 Å². The second kappa shape index (κ2) is 7.22. The first-order valence-electron chi connectivity index (χ1n) is 9.54. The zero-order valence-corrected chi connectivity index (χ0v) is 17.3. The van der Waals surface area contributed by atoms with Gasteiger partial charge in [-0.3, -0.25) is 0 Å². The molecule has 0 fully saturated rings. The molecule has 134 valence electrons. The highest BCUT2D eigenvalue weighted by atomic mass is 31.1. The van der Waals surface area contributed by atoms with E-state index >= 15 is 0 Å². The van der Waals surface area contributed by atoms with Gasteiger partial charge in [0.05, 0.1) is 0 Å². The van der Waals surface area contributed by atoms with E-state index in [1.54, 1.807) is 0 Å². The van der Waals surface area contributed by atoms with Gasteiger partial charge in [0.15, 0.2) is 0 Å². The standard InChI is InChI=1S/C26H25P/c1-5-10-20-16-23-24-17-21(11-6-2)19(4)15-26(24)27(25(23)14-18(20)3)22-12-8-7-9-13-22/h5-17H,1-4H3/b10-5+,11-6+. The Hall–Kier alpha value is -2.56. The molecule has 0 aliphatic heterocycles. The molecule has 0 bridgehead atoms. The normalized spacial score (nSPS) is 12.1. The minimum atomic E-state index is -0.496. The minimum Gasteiger partial charge on any atom is -0.0871 e. The van der Waals surface area contributed by atoms with Crippen LogP contribution in [0.25, 0.3) is 38.5 Å². The molecule has 0 nitrogen and oxygen atoms in total. The molecule has 3 aromatic carbocycles. The first-order chi connectivity index (χ1) is 13.1. The van der Waals surface area contributed by atoms with Gasteiger partial charge in [0.2, 0.25) is 0 Å². The highest BCUT2D eigenvalue weighted by Crippen LogP contribution is 2.56. The Morgan fingerprint density at radius 2 is 1.15 bits per heavy atom. The van der Waals surface area contributed by atoms with E-state index < -0.39 is 7.53 Å². The lowest BCUT2D eigenvalue weighted by Crippen LogP contribution is -1.81. The Bertz CT molecular complexity index is 1110. The number of hydrogen-bond donors (Lipinski definition) is 0. The van der Waals surface area contributed by atoms with Gasteiger partial charge in [-0.2, -0.15) is 0 Å². The molecule has 0 spiro atoms. The summed E-state index contributed by atoms with van der Waals surface area (Å²) in [5.41, 5.74) is 5.35. The molecule has 0 aliphatic rings. The molecule has 27 heavy (non-hydrogen) atoms. The Labute approximate surface area is 162 Å². The van der Waals surface area contributed by atoms with Crippen LogP contribution in [-0.2, 0) is 0 Å². The Balaban J connectivity index is 2.19. The lowest BCUT2D eigenvalue weighted by molar-refractivity contribution is 1.47. The molecule has 0 atom stereocenters. The maximum Gasteiger partial charge on any atom is 0.00713 e. The molecule has 0 radical (unpaired) electrons. The molecule has 0 amide bonds. The Kier molecular flexibility index (Phi) is 4.77. The molecule has 1 heteroatoms. The molecule has 1 heterocycles. The molecule has 0 saturated carbocycles. The Morgan fingerprint density at radius 1 is 0.667 bits per heavy atom. The maximum atomic E-state index is 2.42. The van der Waals surface area contributed by atoms with E-state index in [4.69, 9.17) is 0 Å². The summed E-state index contributed by atoms with van der Waals surface area (Å²) in [7, 11) is -0.496. The minimum absolute atomic E-state index is 0.496. The van der Waals surface area contributed by atoms with Crippen LogP contribution in [0.3, 0.4) is 0 Å². The van der Waals surface area contributed by atoms with E-state index in [0.717, 1.165) is 0 Å². The van der Waals surface area contributed by atoms with Crippen LogP contribution in [0.2, 0.25) is 0 Å². The van der Waals surface area contributed by atoms with Gasteiger partial charge in [-0.15, -0.1) is 0 Å². The smallest absolute Gasteiger partial charge is 0.00713 e. The van der Waals surface area contributed by atoms with Crippen molar-refractivity contribution in [3.63, 3.8) is 0 Å². The van der Waals surface area contributed by atoms with Crippen LogP contribution < -0.4 is 0 Å². The lowest BCUT2D eigenvalue weighted by Gasteiger charge is -2.06. The highest BCUT2D eigenvalue weighted by molar-refractivity contribution is 7.67. The molecular weight excluding hydrogens is 343 g/mol. The fraction of sp³-hybridized carbons (Fsp3) is 0.154. The molecule has 0 saturated heterocycles. The van der Waals surface area contributed by atoms with E-state index in [1.165, 1.54) is 48.6 Å². The predicted octanol–water partition coefficient (Wildman–Crippen LogP) is 8.65. The largest absolute Gasteiger partial charge is 0.0871 e. The van der Waals surface area contributed by atoms with Gasteiger partial charge in [-0.1, -0.05) is 62.2 Å². The van der Waals surface area contributed by atoms with Crippen molar-refractivity contribution < 1.29 is 0 Å². The van der Waals surface area contributed by atoms with Crippen LogP contribution >= 0.6 is 7.53 Å². The van der Waals surface area contributed by atoms with E-state index in [0.29, 0.717) is 0 Å². The number of hydrogen-bond acceptors (Lipinski definition) is 0. The number of benzene rings is 3. The highest BCUT2D eigenvalue weighted by Gasteiger charge is 2.16. The van der Waals surface area contributed by atoms with Crippen molar-refractivity contribution in [2.75, 3.05) is 0 Å². The fourth-order valence-electron chi connectivity index (χ4n) is 3.92. The van der Waals surface area contributed by atoms with Crippen molar-refractivity contribution in [2.24, 2.45) is 0 Å². The van der Waals surface area contributed by atoms with Crippen LogP contribution in [0, 0.1) is 13.8 Å². The van der Waals surface area contributed by atoms with Gasteiger partial charge in [0.1, 0.15) is 0 Å². The van der Waals surface area contributed by atoms with Gasteiger partial charge in [0.25, 0.3) is 0 Å². The molecule has 0 unspecified atom stereocenters. The topological polar surface area (TPSA) is 0 Å². The molecule has 4 rings (SSSR count). The molecular formula is C26H25P. The predicted molar refractivity (Wildman–Crippen MR) is 124 cm³/mol. The van der Waals surface area contributed by atoms with Crippen molar-refractivity contribution in [1.82, 2.24) is 0 Å². The van der Waals surface area contributed by atoms with Crippen molar-refractivity contribution in [2.45, 2.75) is 27.7 Å². The Morgan fingerprint density at radius 3 is 1.59 bits per heavy atom. The van der Waals surface area contributed by atoms with E-state index in [1.807, 2.05) is 0 Å². The van der Waals surface area contributed by atoms with Gasteiger partial charge in [0, 0.05) is 10.2 Å². The van der Waals surface area contributed by atoms with Crippen LogP contribution in [-0.4, -0.2) is 0 Å². The first kappa shape index (κ1) is 17.8. The van der Waals surface area contributed by atoms with Crippen molar-refractivity contribution in [3.8, 4) is 5.30 Å². The zero-order chi connectivity index (χ0) is 19.0. The summed E-state index contributed by atoms with van der Waals surface area (Å²) in [6.45, 7) is 8.64. The van der Waals surface area contributed by atoms with E-state index in [2.05, 4.69) is 107 Å². The summed E-state index contributed by atoms with van der Waals surface area (Å²) in [6, 6.07) is 20.6. The molecule has 0 N–H and O–H groups in total. The quantitative estimate of drug-likeness (QED) is 0.339. The zero-order valence-electron chi connectivity index (χ0n) is 16.5. The summed E-state index contributed by atoms with van der Waals surface area (Å²) in [5.74, 6) is 0. The summed E-state index contributed by atoms with van der Waals surface area (Å²) >= 11 is 0. The van der Waals surface area contributed by atoms with Crippen molar-refractivity contribution in [1.29, 1.82) is 0 Å². The van der Waals surface area contributed by atoms with Gasteiger partial charge >= 0.3 is 0 Å². The molecule has 0 aliphatic carbocycles. The third-order valence-corrected chi connectivity index (χ3v) is 7.77. The molecule has 1 aromatic heterocycles. The van der Waals surface area contributed by atoms with Crippen LogP contribution in [0.4, 0.5) is 0 Å². The second-order valence-corrected chi connectivity index (χ2v) is 9.27. The lowest BCUT2D eigenvalue weighted by atomic mass is 10.0. The van der Waals surface area contributed by atoms with Crippen LogP contribution in [0.1, 0.15) is 36.1 Å². The van der Waals surface area contributed by atoms with Gasteiger partial charge < -0.3 is 0 Å². The summed E-state index contributed by atoms with van der Waals surface area (Å²) in [6.07, 6.45) is 8.70. The van der Waals surface area contributed by atoms with E-state index in [-0.39, 0.29) is 0 Å². The third-order valence-electron chi connectivity index (χ3n) is 5.25.